The van der Waals surface area contributed by atoms with E-state index >= 15 is 0 Å². The smallest absolute Gasteiger partial charge is 0.264 e. The van der Waals surface area contributed by atoms with E-state index in [1.54, 1.807) is 24.5 Å². The molecule has 0 unspecified atom stereocenters. The molecule has 3 aromatic rings. The van der Waals surface area contributed by atoms with Gasteiger partial charge in [0.25, 0.3) is 0 Å². The average Bonchev–Trinajstić information content (AvgIpc) is 2.60. The van der Waals surface area contributed by atoms with E-state index in [0.29, 0.717) is 22.3 Å². The molecule has 2 aromatic carbocycles. The van der Waals surface area contributed by atoms with Gasteiger partial charge in [0.2, 0.25) is 10.0 Å². The van der Waals surface area contributed by atoms with Crippen molar-refractivity contribution in [2.75, 3.05) is 0 Å². The first kappa shape index (κ1) is 18.1. The normalized spacial score (nSPS) is 12.2. The first-order valence-electron chi connectivity index (χ1n) is 7.41. The van der Waals surface area contributed by atoms with Crippen LogP contribution in [0.3, 0.4) is 0 Å². The van der Waals surface area contributed by atoms with Crippen LogP contribution in [-0.2, 0) is 16.2 Å². The molecule has 8 heteroatoms. The van der Waals surface area contributed by atoms with Gasteiger partial charge < -0.3 is 0 Å². The molecule has 2 N–H and O–H groups in total. The number of pyridine rings is 1. The van der Waals surface area contributed by atoms with Gasteiger partial charge in [0.05, 0.1) is 10.5 Å². The van der Waals surface area contributed by atoms with Crippen molar-refractivity contribution in [2.45, 2.75) is 11.1 Å². The Kier molecular flexibility index (Phi) is 4.55. The fraction of sp³-hybridized carbons (Fsp3) is 0.0556. The van der Waals surface area contributed by atoms with Crippen molar-refractivity contribution in [3.8, 4) is 22.3 Å². The fourth-order valence-electron chi connectivity index (χ4n) is 2.56. The van der Waals surface area contributed by atoms with Crippen LogP contribution in [0.5, 0.6) is 0 Å². The number of alkyl halides is 3. The van der Waals surface area contributed by atoms with Gasteiger partial charge in [-0.05, 0) is 47.0 Å². The Morgan fingerprint density at radius 1 is 0.885 bits per heavy atom. The minimum Gasteiger partial charge on any atom is -0.264 e. The number of aromatic nitrogens is 1. The molecule has 0 aliphatic rings. The van der Waals surface area contributed by atoms with E-state index in [2.05, 4.69) is 4.98 Å². The Bertz CT molecular complexity index is 1030. The second kappa shape index (κ2) is 6.54. The molecule has 26 heavy (non-hydrogen) atoms. The Morgan fingerprint density at radius 2 is 1.58 bits per heavy atom. The molecule has 1 aromatic heterocycles. The zero-order valence-electron chi connectivity index (χ0n) is 13.2. The summed E-state index contributed by atoms with van der Waals surface area (Å²) >= 11 is 0. The number of nitrogens with zero attached hydrogens (tertiary/aromatic N) is 1. The molecule has 0 aliphatic heterocycles. The maximum absolute atomic E-state index is 13.1. The number of rotatable bonds is 3. The molecule has 0 saturated heterocycles. The number of nitrogens with two attached hydrogens (primary N) is 1. The molecule has 1 heterocycles. The molecule has 0 bridgehead atoms. The predicted octanol–water partition coefficient (Wildman–Crippen LogP) is 4.08. The largest absolute Gasteiger partial charge is 0.416 e. The lowest BCUT2D eigenvalue weighted by Gasteiger charge is -2.14. The van der Waals surface area contributed by atoms with Crippen molar-refractivity contribution in [3.05, 3.63) is 72.6 Å². The highest BCUT2D eigenvalue weighted by Gasteiger charge is 2.31. The second-order valence-corrected chi connectivity index (χ2v) is 7.13. The second-order valence-electron chi connectivity index (χ2n) is 5.57. The Morgan fingerprint density at radius 3 is 2.12 bits per heavy atom. The summed E-state index contributed by atoms with van der Waals surface area (Å²) < 4.78 is 62.1. The minimum absolute atomic E-state index is 0.115. The molecule has 0 amide bonds. The molecule has 3 rings (SSSR count). The zero-order chi connectivity index (χ0) is 18.9. The van der Waals surface area contributed by atoms with Crippen LogP contribution in [0.25, 0.3) is 22.3 Å². The fourth-order valence-corrected chi connectivity index (χ4v) is 3.07. The van der Waals surface area contributed by atoms with E-state index < -0.39 is 21.8 Å². The third-order valence-electron chi connectivity index (χ3n) is 3.81. The summed E-state index contributed by atoms with van der Waals surface area (Å²) in [5.74, 6) is 0. The molecule has 134 valence electrons. The number of sulfonamides is 1. The molecule has 0 aliphatic carbocycles. The van der Waals surface area contributed by atoms with Gasteiger partial charge in [-0.2, -0.15) is 13.2 Å². The molecule has 0 fully saturated rings. The highest BCUT2D eigenvalue weighted by atomic mass is 32.2. The average molecular weight is 378 g/mol. The van der Waals surface area contributed by atoms with Gasteiger partial charge in [-0.15, -0.1) is 0 Å². The van der Waals surface area contributed by atoms with Crippen LogP contribution in [0.2, 0.25) is 0 Å². The molecule has 0 saturated carbocycles. The predicted molar refractivity (Wildman–Crippen MR) is 91.5 cm³/mol. The van der Waals surface area contributed by atoms with Crippen molar-refractivity contribution in [1.82, 2.24) is 4.98 Å². The van der Waals surface area contributed by atoms with Crippen molar-refractivity contribution < 1.29 is 21.6 Å². The van der Waals surface area contributed by atoms with Gasteiger partial charge in [-0.25, -0.2) is 13.6 Å². The van der Waals surface area contributed by atoms with Crippen LogP contribution >= 0.6 is 0 Å². The van der Waals surface area contributed by atoms with Crippen molar-refractivity contribution in [2.24, 2.45) is 5.14 Å². The van der Waals surface area contributed by atoms with Gasteiger partial charge >= 0.3 is 6.18 Å². The maximum Gasteiger partial charge on any atom is 0.416 e. The summed E-state index contributed by atoms with van der Waals surface area (Å²) in [6, 6.07) is 12.2. The number of halogens is 3. The zero-order valence-corrected chi connectivity index (χ0v) is 14.1. The quantitative estimate of drug-likeness (QED) is 0.746. The van der Waals surface area contributed by atoms with E-state index in [4.69, 9.17) is 5.14 Å². The molecule has 0 atom stereocenters. The van der Waals surface area contributed by atoms with Gasteiger partial charge in [-0.1, -0.05) is 24.3 Å². The number of hydrogen-bond acceptors (Lipinski definition) is 3. The van der Waals surface area contributed by atoms with E-state index in [-0.39, 0.29) is 4.90 Å². The van der Waals surface area contributed by atoms with Gasteiger partial charge in [0.15, 0.2) is 0 Å². The van der Waals surface area contributed by atoms with Gasteiger partial charge in [0.1, 0.15) is 0 Å². The summed E-state index contributed by atoms with van der Waals surface area (Å²) in [5, 5.41) is 5.06. The van der Waals surface area contributed by atoms with Crippen LogP contribution in [0, 0.1) is 0 Å². The maximum atomic E-state index is 13.1. The molecule has 0 radical (unpaired) electrons. The first-order chi connectivity index (χ1) is 12.2. The van der Waals surface area contributed by atoms with Crippen LogP contribution in [-0.4, -0.2) is 13.4 Å². The third kappa shape index (κ3) is 3.76. The molecule has 4 nitrogen and oxygen atoms in total. The van der Waals surface area contributed by atoms with Crippen LogP contribution < -0.4 is 5.14 Å². The summed E-state index contributed by atoms with van der Waals surface area (Å²) in [6.07, 6.45) is -1.39. The SMILES string of the molecule is NS(=O)(=O)c1ccc(-c2cc(C(F)(F)F)ccc2-c2cccnc2)cc1. The van der Waals surface area contributed by atoms with Crippen LogP contribution in [0.1, 0.15) is 5.56 Å². The summed E-state index contributed by atoms with van der Waals surface area (Å²) in [7, 11) is -3.89. The van der Waals surface area contributed by atoms with E-state index in [1.807, 2.05) is 0 Å². The number of benzene rings is 2. The van der Waals surface area contributed by atoms with Gasteiger partial charge in [-0.3, -0.25) is 4.98 Å². The Balaban J connectivity index is 2.20. The Labute approximate surface area is 148 Å². The molecular formula is C18H13F3N2O2S. The van der Waals surface area contributed by atoms with E-state index in [9.17, 15) is 21.6 Å². The lowest BCUT2D eigenvalue weighted by atomic mass is 9.93. The monoisotopic (exact) mass is 378 g/mol. The third-order valence-corrected chi connectivity index (χ3v) is 4.74. The van der Waals surface area contributed by atoms with Gasteiger partial charge in [0, 0.05) is 18.0 Å². The topological polar surface area (TPSA) is 73.1 Å². The van der Waals surface area contributed by atoms with Crippen LogP contribution in [0.15, 0.2) is 71.9 Å². The number of hydrogen-bond donors (Lipinski definition) is 1. The van der Waals surface area contributed by atoms with Crippen molar-refractivity contribution >= 4 is 10.0 Å². The van der Waals surface area contributed by atoms with Crippen molar-refractivity contribution in [1.29, 1.82) is 0 Å². The van der Waals surface area contributed by atoms with E-state index in [0.717, 1.165) is 12.1 Å². The lowest BCUT2D eigenvalue weighted by molar-refractivity contribution is -0.137. The first-order valence-corrected chi connectivity index (χ1v) is 8.96. The molecular weight excluding hydrogens is 365 g/mol. The van der Waals surface area contributed by atoms with Crippen molar-refractivity contribution in [3.63, 3.8) is 0 Å². The highest BCUT2D eigenvalue weighted by molar-refractivity contribution is 7.89. The lowest BCUT2D eigenvalue weighted by Crippen LogP contribution is -2.11. The highest BCUT2D eigenvalue weighted by Crippen LogP contribution is 2.38. The minimum atomic E-state index is -4.50. The van der Waals surface area contributed by atoms with Crippen LogP contribution in [0.4, 0.5) is 13.2 Å². The summed E-state index contributed by atoms with van der Waals surface area (Å²) in [4.78, 5) is 3.88. The van der Waals surface area contributed by atoms with E-state index in [1.165, 1.54) is 30.3 Å². The summed E-state index contributed by atoms with van der Waals surface area (Å²) in [5.41, 5.74) is 1.15. The summed E-state index contributed by atoms with van der Waals surface area (Å²) in [6.45, 7) is 0. The molecule has 0 spiro atoms. The number of primary sulfonamides is 1. The standard InChI is InChI=1S/C18H13F3N2O2S/c19-18(20,21)14-5-8-16(13-2-1-9-23-11-13)17(10-14)12-3-6-15(7-4-12)26(22,24)25/h1-11H,(H2,22,24,25). The Hall–Kier alpha value is -2.71.